The SMILES string of the molecule is Cc1cc(C(=O)Nc2ccc(C#CCO)c(F)c2)on1. The summed E-state index contributed by atoms with van der Waals surface area (Å²) in [5.74, 6) is 3.76. The minimum atomic E-state index is -0.586. The van der Waals surface area contributed by atoms with Crippen molar-refractivity contribution >= 4 is 11.6 Å². The van der Waals surface area contributed by atoms with Crippen LogP contribution in [-0.4, -0.2) is 22.8 Å². The molecular weight excluding hydrogens is 263 g/mol. The average Bonchev–Trinajstić information content (AvgIpc) is 2.85. The second-order valence-corrected chi connectivity index (χ2v) is 3.94. The Kier molecular flexibility index (Phi) is 4.13. The number of nitrogens with one attached hydrogen (secondary N) is 1. The van der Waals surface area contributed by atoms with Gasteiger partial charge in [-0.2, -0.15) is 0 Å². The quantitative estimate of drug-likeness (QED) is 0.818. The van der Waals surface area contributed by atoms with Crippen LogP contribution in [0.25, 0.3) is 0 Å². The normalized spacial score (nSPS) is 9.75. The van der Waals surface area contributed by atoms with Crippen LogP contribution in [0.15, 0.2) is 28.8 Å². The van der Waals surface area contributed by atoms with E-state index in [2.05, 4.69) is 22.3 Å². The van der Waals surface area contributed by atoms with E-state index >= 15 is 0 Å². The lowest BCUT2D eigenvalue weighted by atomic mass is 10.2. The van der Waals surface area contributed by atoms with Crippen LogP contribution >= 0.6 is 0 Å². The summed E-state index contributed by atoms with van der Waals surface area (Å²) in [6.45, 7) is 1.34. The first-order valence-electron chi connectivity index (χ1n) is 5.74. The van der Waals surface area contributed by atoms with E-state index in [0.717, 1.165) is 6.07 Å². The van der Waals surface area contributed by atoms with Crippen LogP contribution in [-0.2, 0) is 0 Å². The van der Waals surface area contributed by atoms with Gasteiger partial charge in [0, 0.05) is 11.8 Å². The number of hydrogen-bond acceptors (Lipinski definition) is 4. The second-order valence-electron chi connectivity index (χ2n) is 3.94. The van der Waals surface area contributed by atoms with Crippen molar-refractivity contribution in [3.05, 3.63) is 47.1 Å². The van der Waals surface area contributed by atoms with Gasteiger partial charge < -0.3 is 14.9 Å². The third kappa shape index (κ3) is 3.22. The molecule has 102 valence electrons. The van der Waals surface area contributed by atoms with Gasteiger partial charge in [-0.3, -0.25) is 4.79 Å². The first-order chi connectivity index (χ1) is 9.60. The minimum absolute atomic E-state index is 0.0482. The fraction of sp³-hybridized carbons (Fsp3) is 0.143. The van der Waals surface area contributed by atoms with E-state index in [1.807, 2.05) is 0 Å². The Morgan fingerprint density at radius 1 is 1.50 bits per heavy atom. The van der Waals surface area contributed by atoms with Gasteiger partial charge in [-0.1, -0.05) is 17.0 Å². The third-order valence-corrected chi connectivity index (χ3v) is 2.38. The number of aliphatic hydroxyl groups is 1. The highest BCUT2D eigenvalue weighted by Crippen LogP contribution is 2.15. The summed E-state index contributed by atoms with van der Waals surface area (Å²) in [4.78, 5) is 11.8. The largest absolute Gasteiger partial charge is 0.384 e. The molecule has 0 atom stereocenters. The van der Waals surface area contributed by atoms with E-state index in [4.69, 9.17) is 9.63 Å². The van der Waals surface area contributed by atoms with Crippen LogP contribution in [0.4, 0.5) is 10.1 Å². The molecule has 2 N–H and O–H groups in total. The molecule has 6 heteroatoms. The molecule has 20 heavy (non-hydrogen) atoms. The molecule has 0 unspecified atom stereocenters. The molecule has 2 aromatic rings. The highest BCUT2D eigenvalue weighted by molar-refractivity contribution is 6.02. The molecule has 1 aromatic heterocycles. The molecule has 1 amide bonds. The van der Waals surface area contributed by atoms with Crippen LogP contribution in [0.5, 0.6) is 0 Å². The Morgan fingerprint density at radius 3 is 2.90 bits per heavy atom. The summed E-state index contributed by atoms with van der Waals surface area (Å²) >= 11 is 0. The van der Waals surface area contributed by atoms with Gasteiger partial charge in [-0.25, -0.2) is 4.39 Å². The molecule has 0 bridgehead atoms. The molecule has 2 rings (SSSR count). The van der Waals surface area contributed by atoms with Crippen molar-refractivity contribution < 1.29 is 18.8 Å². The van der Waals surface area contributed by atoms with Gasteiger partial charge in [0.05, 0.1) is 11.3 Å². The number of halogens is 1. The molecule has 0 radical (unpaired) electrons. The number of aliphatic hydroxyl groups excluding tert-OH is 1. The van der Waals surface area contributed by atoms with E-state index in [1.165, 1.54) is 18.2 Å². The molecule has 0 saturated carbocycles. The molecular formula is C14H11FN2O3. The van der Waals surface area contributed by atoms with E-state index in [0.29, 0.717) is 5.69 Å². The summed E-state index contributed by atoms with van der Waals surface area (Å²) < 4.78 is 18.5. The fourth-order valence-corrected chi connectivity index (χ4v) is 1.49. The molecule has 0 aliphatic rings. The summed E-state index contributed by atoms with van der Waals surface area (Å²) in [6.07, 6.45) is 0. The van der Waals surface area contributed by atoms with Crippen molar-refractivity contribution in [3.63, 3.8) is 0 Å². The molecule has 0 fully saturated rings. The zero-order chi connectivity index (χ0) is 14.5. The van der Waals surface area contributed by atoms with Gasteiger partial charge in [-0.15, -0.1) is 0 Å². The number of benzene rings is 1. The molecule has 0 aliphatic carbocycles. The number of rotatable bonds is 2. The maximum atomic E-state index is 13.7. The van der Waals surface area contributed by atoms with Crippen LogP contribution < -0.4 is 5.32 Å². The first-order valence-corrected chi connectivity index (χ1v) is 5.74. The van der Waals surface area contributed by atoms with Gasteiger partial charge in [0.15, 0.2) is 0 Å². The maximum absolute atomic E-state index is 13.7. The van der Waals surface area contributed by atoms with Crippen molar-refractivity contribution in [3.8, 4) is 11.8 Å². The lowest BCUT2D eigenvalue weighted by Gasteiger charge is -2.03. The standard InChI is InChI=1S/C14H11FN2O3/c1-9-7-13(20-17-9)14(19)16-11-5-4-10(3-2-6-18)12(15)8-11/h4-5,7-8,18H,6H2,1H3,(H,16,19). The summed E-state index contributed by atoms with van der Waals surface area (Å²) in [5, 5.41) is 14.6. The average molecular weight is 274 g/mol. The smallest absolute Gasteiger partial charge is 0.294 e. The van der Waals surface area contributed by atoms with E-state index in [9.17, 15) is 9.18 Å². The monoisotopic (exact) mass is 274 g/mol. The Balaban J connectivity index is 2.14. The number of aryl methyl sites for hydroxylation is 1. The Labute approximate surface area is 114 Å². The van der Waals surface area contributed by atoms with Gasteiger partial charge in [0.2, 0.25) is 5.76 Å². The summed E-state index contributed by atoms with van der Waals surface area (Å²) in [7, 11) is 0. The van der Waals surface area contributed by atoms with Crippen molar-refractivity contribution in [1.82, 2.24) is 5.16 Å². The number of nitrogens with zero attached hydrogens (tertiary/aromatic N) is 1. The van der Waals surface area contributed by atoms with Gasteiger partial charge in [0.25, 0.3) is 5.91 Å². The summed E-state index contributed by atoms with van der Waals surface area (Å²) in [6, 6.07) is 5.54. The van der Waals surface area contributed by atoms with Gasteiger partial charge in [-0.05, 0) is 25.1 Å². The molecule has 1 aromatic carbocycles. The Bertz CT molecular complexity index is 698. The predicted octanol–water partition coefficient (Wildman–Crippen LogP) is 1.72. The highest BCUT2D eigenvalue weighted by Gasteiger charge is 2.12. The van der Waals surface area contributed by atoms with E-state index < -0.39 is 11.7 Å². The zero-order valence-electron chi connectivity index (χ0n) is 10.6. The zero-order valence-corrected chi connectivity index (χ0v) is 10.6. The van der Waals surface area contributed by atoms with Crippen molar-refractivity contribution in [2.24, 2.45) is 0 Å². The van der Waals surface area contributed by atoms with Crippen LogP contribution in [0.1, 0.15) is 21.8 Å². The minimum Gasteiger partial charge on any atom is -0.384 e. The lowest BCUT2D eigenvalue weighted by molar-refractivity contribution is 0.0988. The highest BCUT2D eigenvalue weighted by atomic mass is 19.1. The topological polar surface area (TPSA) is 75.4 Å². The Hall–Kier alpha value is -2.65. The van der Waals surface area contributed by atoms with Crippen LogP contribution in [0, 0.1) is 24.6 Å². The van der Waals surface area contributed by atoms with Crippen LogP contribution in [0.3, 0.4) is 0 Å². The number of amides is 1. The van der Waals surface area contributed by atoms with E-state index in [-0.39, 0.29) is 23.6 Å². The number of hydrogen-bond donors (Lipinski definition) is 2. The van der Waals surface area contributed by atoms with Crippen molar-refractivity contribution in [2.75, 3.05) is 11.9 Å². The molecule has 0 aliphatic heterocycles. The molecule has 1 heterocycles. The third-order valence-electron chi connectivity index (χ3n) is 2.38. The van der Waals surface area contributed by atoms with Crippen molar-refractivity contribution in [2.45, 2.75) is 6.92 Å². The lowest BCUT2D eigenvalue weighted by Crippen LogP contribution is -2.11. The maximum Gasteiger partial charge on any atom is 0.294 e. The second kappa shape index (κ2) is 5.99. The van der Waals surface area contributed by atoms with E-state index in [1.54, 1.807) is 6.92 Å². The number of anilines is 1. The van der Waals surface area contributed by atoms with Crippen LogP contribution in [0.2, 0.25) is 0 Å². The molecule has 0 spiro atoms. The van der Waals surface area contributed by atoms with Gasteiger partial charge >= 0.3 is 0 Å². The summed E-state index contributed by atoms with van der Waals surface area (Å²) in [5.41, 5.74) is 1.000. The Morgan fingerprint density at radius 2 is 2.30 bits per heavy atom. The number of carbonyl (C=O) groups is 1. The molecule has 0 saturated heterocycles. The fourth-order valence-electron chi connectivity index (χ4n) is 1.49. The molecule has 5 nitrogen and oxygen atoms in total. The predicted molar refractivity (Wildman–Crippen MR) is 69.6 cm³/mol. The van der Waals surface area contributed by atoms with Gasteiger partial charge in [0.1, 0.15) is 12.4 Å². The number of aromatic nitrogens is 1. The number of carbonyl (C=O) groups excluding carboxylic acids is 1. The first kappa shape index (κ1) is 13.8. The van der Waals surface area contributed by atoms with Crippen molar-refractivity contribution in [1.29, 1.82) is 0 Å².